The second kappa shape index (κ2) is 6.66. The highest BCUT2D eigenvalue weighted by molar-refractivity contribution is 4.61. The molecule has 0 aromatic heterocycles. The lowest BCUT2D eigenvalue weighted by molar-refractivity contribution is 0.193. The average Bonchev–Trinajstić information content (AvgIpc) is 2.03. The van der Waals surface area contributed by atoms with Gasteiger partial charge in [-0.25, -0.2) is 0 Å². The van der Waals surface area contributed by atoms with Crippen LogP contribution in [0.5, 0.6) is 0 Å². The molecule has 0 aliphatic carbocycles. The summed E-state index contributed by atoms with van der Waals surface area (Å²) in [5.74, 6) is 1.33. The van der Waals surface area contributed by atoms with Crippen LogP contribution in [0.1, 0.15) is 46.5 Å². The molecule has 11 heavy (non-hydrogen) atoms. The lowest BCUT2D eigenvalue weighted by Gasteiger charge is -2.16. The number of aliphatic hydroxyl groups excluding tert-OH is 1. The first kappa shape index (κ1) is 11.0. The topological polar surface area (TPSA) is 20.2 Å². The summed E-state index contributed by atoms with van der Waals surface area (Å²) in [5.41, 5.74) is 0. The van der Waals surface area contributed by atoms with Crippen molar-refractivity contribution in [3.63, 3.8) is 0 Å². The van der Waals surface area contributed by atoms with Gasteiger partial charge in [-0.05, 0) is 24.7 Å². The van der Waals surface area contributed by atoms with Crippen LogP contribution in [0.2, 0.25) is 0 Å². The largest absolute Gasteiger partial charge is 0.396 e. The van der Waals surface area contributed by atoms with Gasteiger partial charge in [0.15, 0.2) is 0 Å². The van der Waals surface area contributed by atoms with Gasteiger partial charge in [0.25, 0.3) is 0 Å². The fraction of sp³-hybridized carbons (Fsp3) is 1.00. The van der Waals surface area contributed by atoms with Crippen LogP contribution in [0.4, 0.5) is 0 Å². The monoisotopic (exact) mass is 158 g/mol. The lowest BCUT2D eigenvalue weighted by atomic mass is 9.91. The van der Waals surface area contributed by atoms with Crippen molar-refractivity contribution >= 4 is 0 Å². The fourth-order valence-electron chi connectivity index (χ4n) is 1.43. The summed E-state index contributed by atoms with van der Waals surface area (Å²) >= 11 is 0. The molecule has 0 bridgehead atoms. The van der Waals surface area contributed by atoms with E-state index in [0.29, 0.717) is 12.5 Å². The Morgan fingerprint density at radius 2 is 1.91 bits per heavy atom. The first-order chi connectivity index (χ1) is 5.24. The molecule has 1 heteroatoms. The number of hydrogen-bond acceptors (Lipinski definition) is 1. The third kappa shape index (κ3) is 5.25. The van der Waals surface area contributed by atoms with E-state index in [1.165, 1.54) is 25.7 Å². The highest BCUT2D eigenvalue weighted by Crippen LogP contribution is 2.18. The van der Waals surface area contributed by atoms with E-state index in [0.717, 1.165) is 5.92 Å². The molecule has 0 heterocycles. The van der Waals surface area contributed by atoms with Crippen molar-refractivity contribution in [3.05, 3.63) is 0 Å². The van der Waals surface area contributed by atoms with Crippen LogP contribution in [0, 0.1) is 11.8 Å². The van der Waals surface area contributed by atoms with E-state index in [9.17, 15) is 0 Å². The molecule has 0 aliphatic rings. The third-order valence-corrected chi connectivity index (χ3v) is 2.39. The van der Waals surface area contributed by atoms with Crippen LogP contribution in [0.3, 0.4) is 0 Å². The van der Waals surface area contributed by atoms with Crippen molar-refractivity contribution in [3.8, 4) is 0 Å². The molecule has 0 amide bonds. The van der Waals surface area contributed by atoms with Gasteiger partial charge in [-0.3, -0.25) is 0 Å². The molecule has 0 radical (unpaired) electrons. The molecular weight excluding hydrogens is 136 g/mol. The zero-order valence-electron chi connectivity index (χ0n) is 8.14. The Hall–Kier alpha value is -0.0400. The molecule has 0 fully saturated rings. The summed E-state index contributed by atoms with van der Waals surface area (Å²) < 4.78 is 0. The van der Waals surface area contributed by atoms with Crippen LogP contribution in [-0.2, 0) is 0 Å². The summed E-state index contributed by atoms with van der Waals surface area (Å²) in [5, 5.41) is 9.00. The summed E-state index contributed by atoms with van der Waals surface area (Å²) in [6.07, 6.45) is 4.81. The quantitative estimate of drug-likeness (QED) is 0.630. The van der Waals surface area contributed by atoms with Gasteiger partial charge in [0, 0.05) is 6.61 Å². The third-order valence-electron chi connectivity index (χ3n) is 2.39. The predicted molar refractivity (Wildman–Crippen MR) is 49.6 cm³/mol. The molecule has 0 rings (SSSR count). The van der Waals surface area contributed by atoms with Crippen LogP contribution < -0.4 is 0 Å². The first-order valence-electron chi connectivity index (χ1n) is 4.85. The van der Waals surface area contributed by atoms with E-state index >= 15 is 0 Å². The minimum Gasteiger partial charge on any atom is -0.396 e. The molecule has 0 aliphatic heterocycles. The van der Waals surface area contributed by atoms with E-state index < -0.39 is 0 Å². The highest BCUT2D eigenvalue weighted by atomic mass is 16.3. The highest BCUT2D eigenvalue weighted by Gasteiger charge is 2.09. The average molecular weight is 158 g/mol. The Bertz CT molecular complexity index is 80.9. The van der Waals surface area contributed by atoms with Crippen molar-refractivity contribution in [2.75, 3.05) is 6.61 Å². The molecule has 0 unspecified atom stereocenters. The summed E-state index contributed by atoms with van der Waals surface area (Å²) in [6.45, 7) is 7.03. The Labute approximate surface area is 70.8 Å². The lowest BCUT2D eigenvalue weighted by Crippen LogP contribution is -2.09. The predicted octanol–water partition coefficient (Wildman–Crippen LogP) is 2.83. The van der Waals surface area contributed by atoms with E-state index in [-0.39, 0.29) is 0 Å². The second-order valence-corrected chi connectivity index (χ2v) is 3.59. The van der Waals surface area contributed by atoms with E-state index in [1.807, 2.05) is 0 Å². The summed E-state index contributed by atoms with van der Waals surface area (Å²) in [4.78, 5) is 0. The smallest absolute Gasteiger partial charge is 0.0459 e. The van der Waals surface area contributed by atoms with Crippen molar-refractivity contribution in [1.29, 1.82) is 0 Å². The number of hydrogen-bond donors (Lipinski definition) is 1. The number of aliphatic hydroxyl groups is 1. The van der Waals surface area contributed by atoms with Crippen molar-refractivity contribution in [1.82, 2.24) is 0 Å². The molecule has 68 valence electrons. The maximum absolute atomic E-state index is 9.00. The standard InChI is InChI=1S/C10H22O/c1-4-6-10(8-11)7-9(3)5-2/h9-11H,4-8H2,1-3H3/t9-,10-/m0/s1. The SMILES string of the molecule is CCC[C@H](CO)C[C@@H](C)CC. The summed E-state index contributed by atoms with van der Waals surface area (Å²) in [6, 6.07) is 0. The van der Waals surface area contributed by atoms with Crippen molar-refractivity contribution in [2.45, 2.75) is 46.5 Å². The van der Waals surface area contributed by atoms with Gasteiger partial charge in [0.05, 0.1) is 0 Å². The van der Waals surface area contributed by atoms with Crippen LogP contribution in [0.15, 0.2) is 0 Å². The number of rotatable bonds is 6. The van der Waals surface area contributed by atoms with E-state index in [4.69, 9.17) is 5.11 Å². The molecule has 0 aromatic carbocycles. The van der Waals surface area contributed by atoms with Crippen LogP contribution in [0.25, 0.3) is 0 Å². The Morgan fingerprint density at radius 3 is 2.27 bits per heavy atom. The normalized spacial score (nSPS) is 16.4. The Kier molecular flexibility index (Phi) is 6.63. The van der Waals surface area contributed by atoms with E-state index in [1.54, 1.807) is 0 Å². The van der Waals surface area contributed by atoms with Crippen molar-refractivity contribution in [2.24, 2.45) is 11.8 Å². The summed E-state index contributed by atoms with van der Waals surface area (Å²) in [7, 11) is 0. The maximum atomic E-state index is 9.00. The first-order valence-corrected chi connectivity index (χ1v) is 4.85. The molecule has 0 saturated carbocycles. The van der Waals surface area contributed by atoms with Gasteiger partial charge in [0.1, 0.15) is 0 Å². The molecule has 1 nitrogen and oxygen atoms in total. The van der Waals surface area contributed by atoms with Gasteiger partial charge in [-0.15, -0.1) is 0 Å². The molecule has 0 saturated heterocycles. The van der Waals surface area contributed by atoms with Gasteiger partial charge in [-0.2, -0.15) is 0 Å². The van der Waals surface area contributed by atoms with Crippen LogP contribution in [-0.4, -0.2) is 11.7 Å². The van der Waals surface area contributed by atoms with Crippen molar-refractivity contribution < 1.29 is 5.11 Å². The Morgan fingerprint density at radius 1 is 1.27 bits per heavy atom. The van der Waals surface area contributed by atoms with Gasteiger partial charge in [0.2, 0.25) is 0 Å². The van der Waals surface area contributed by atoms with Gasteiger partial charge in [-0.1, -0.05) is 33.6 Å². The Balaban J connectivity index is 3.49. The minimum atomic E-state index is 0.373. The molecule has 1 N–H and O–H groups in total. The molecular formula is C10H22O. The zero-order chi connectivity index (χ0) is 8.69. The molecule has 2 atom stereocenters. The van der Waals surface area contributed by atoms with Crippen LogP contribution >= 0.6 is 0 Å². The minimum absolute atomic E-state index is 0.373. The molecule has 0 spiro atoms. The maximum Gasteiger partial charge on any atom is 0.0459 e. The van der Waals surface area contributed by atoms with Gasteiger partial charge >= 0.3 is 0 Å². The van der Waals surface area contributed by atoms with Gasteiger partial charge < -0.3 is 5.11 Å². The van der Waals surface area contributed by atoms with E-state index in [2.05, 4.69) is 20.8 Å². The zero-order valence-corrected chi connectivity index (χ0v) is 8.14. The second-order valence-electron chi connectivity index (χ2n) is 3.59. The molecule has 0 aromatic rings. The fourth-order valence-corrected chi connectivity index (χ4v) is 1.43.